The van der Waals surface area contributed by atoms with Crippen molar-refractivity contribution in [1.82, 2.24) is 0 Å². The molecule has 0 aliphatic carbocycles. The molecule has 0 spiro atoms. The molecule has 0 fully saturated rings. The van der Waals surface area contributed by atoms with E-state index in [2.05, 4.69) is 0 Å². The van der Waals surface area contributed by atoms with Gasteiger partial charge in [0, 0.05) is 17.6 Å². The van der Waals surface area contributed by atoms with Gasteiger partial charge in [-0.1, -0.05) is 35.9 Å². The second-order valence-electron chi connectivity index (χ2n) is 7.85. The Balaban J connectivity index is 1.67. The average molecular weight is 430 g/mol. The fourth-order valence-corrected chi connectivity index (χ4v) is 4.17. The van der Waals surface area contributed by atoms with Crippen LogP contribution in [0.5, 0.6) is 17.2 Å². The number of aliphatic hydroxyl groups is 1. The molecule has 1 N–H and O–H groups in total. The molecule has 162 valence electrons. The number of esters is 1. The number of methoxy groups -OCH3 is 1. The van der Waals surface area contributed by atoms with Crippen LogP contribution in [-0.4, -0.2) is 25.0 Å². The number of rotatable bonds is 5. The lowest BCUT2D eigenvalue weighted by Gasteiger charge is -2.26. The van der Waals surface area contributed by atoms with Crippen molar-refractivity contribution < 1.29 is 28.8 Å². The molecule has 3 aromatic rings. The van der Waals surface area contributed by atoms with Gasteiger partial charge in [-0.3, -0.25) is 0 Å². The zero-order chi connectivity index (χ0) is 22.3. The highest BCUT2D eigenvalue weighted by atomic mass is 16.7. The minimum atomic E-state index is -1.90. The van der Waals surface area contributed by atoms with Crippen LogP contribution in [-0.2, 0) is 21.7 Å². The fourth-order valence-electron chi connectivity index (χ4n) is 4.17. The van der Waals surface area contributed by atoms with Crippen molar-refractivity contribution in [2.24, 2.45) is 0 Å². The Hall–Kier alpha value is -3.77. The lowest BCUT2D eigenvalue weighted by atomic mass is 9.87. The number of aryl methyl sites for hydroxylation is 1. The first-order valence-electron chi connectivity index (χ1n) is 10.3. The predicted molar refractivity (Wildman–Crippen MR) is 117 cm³/mol. The zero-order valence-corrected chi connectivity index (χ0v) is 17.8. The van der Waals surface area contributed by atoms with Crippen molar-refractivity contribution in [3.8, 4) is 17.2 Å². The average Bonchev–Trinajstić information content (AvgIpc) is 3.36. The normalized spacial score (nSPS) is 19.3. The van der Waals surface area contributed by atoms with Crippen molar-refractivity contribution in [3.05, 3.63) is 94.6 Å². The van der Waals surface area contributed by atoms with Crippen LogP contribution < -0.4 is 14.2 Å². The highest BCUT2D eigenvalue weighted by molar-refractivity contribution is 6.20. The van der Waals surface area contributed by atoms with Crippen LogP contribution in [0.15, 0.2) is 72.3 Å². The van der Waals surface area contributed by atoms with Gasteiger partial charge in [0.2, 0.25) is 6.79 Å². The molecule has 6 nitrogen and oxygen atoms in total. The molecule has 0 saturated carbocycles. The third-order valence-electron chi connectivity index (χ3n) is 5.76. The minimum absolute atomic E-state index is 0.133. The van der Waals surface area contributed by atoms with Gasteiger partial charge in [0.25, 0.3) is 5.79 Å². The summed E-state index contributed by atoms with van der Waals surface area (Å²) in [5.74, 6) is -0.686. The molecule has 5 rings (SSSR count). The van der Waals surface area contributed by atoms with E-state index in [0.717, 1.165) is 11.1 Å². The first kappa shape index (κ1) is 20.2. The van der Waals surface area contributed by atoms with Crippen LogP contribution in [0.25, 0.3) is 5.57 Å². The molecule has 6 heteroatoms. The van der Waals surface area contributed by atoms with Gasteiger partial charge >= 0.3 is 5.97 Å². The number of cyclic esters (lactones) is 1. The molecule has 2 aliphatic rings. The summed E-state index contributed by atoms with van der Waals surface area (Å²) in [4.78, 5) is 13.1. The number of hydrogen-bond acceptors (Lipinski definition) is 6. The number of carbonyl (C=O) groups excluding carboxylic acids is 1. The lowest BCUT2D eigenvalue weighted by molar-refractivity contribution is -0.185. The molecule has 1 unspecified atom stereocenters. The number of hydrogen-bond donors (Lipinski definition) is 1. The Labute approximate surface area is 185 Å². The zero-order valence-electron chi connectivity index (χ0n) is 17.8. The quantitative estimate of drug-likeness (QED) is 0.614. The second kappa shape index (κ2) is 7.73. The molecular formula is C26H22O6. The van der Waals surface area contributed by atoms with Crippen LogP contribution in [0, 0.1) is 6.92 Å². The van der Waals surface area contributed by atoms with Gasteiger partial charge in [0.15, 0.2) is 11.5 Å². The van der Waals surface area contributed by atoms with Gasteiger partial charge in [-0.15, -0.1) is 0 Å². The van der Waals surface area contributed by atoms with Crippen LogP contribution in [0.2, 0.25) is 0 Å². The molecule has 2 aliphatic heterocycles. The maximum atomic E-state index is 13.1. The highest BCUT2D eigenvalue weighted by Crippen LogP contribution is 2.46. The molecule has 32 heavy (non-hydrogen) atoms. The Bertz CT molecular complexity index is 1230. The summed E-state index contributed by atoms with van der Waals surface area (Å²) in [5, 5.41) is 11.7. The molecule has 3 aromatic carbocycles. The van der Waals surface area contributed by atoms with Gasteiger partial charge in [-0.25, -0.2) is 4.79 Å². The van der Waals surface area contributed by atoms with E-state index in [1.165, 1.54) is 0 Å². The SMILES string of the molecule is COc1ccc(C2(O)OC(=O)C(c3ccc4c(c3)OCO4)=C2Cc2cccc(C)c2)cc1. The van der Waals surface area contributed by atoms with Crippen LogP contribution >= 0.6 is 0 Å². The smallest absolute Gasteiger partial charge is 0.342 e. The molecule has 2 heterocycles. The van der Waals surface area contributed by atoms with Crippen molar-refractivity contribution in [2.45, 2.75) is 19.1 Å². The summed E-state index contributed by atoms with van der Waals surface area (Å²) in [6.45, 7) is 2.14. The summed E-state index contributed by atoms with van der Waals surface area (Å²) in [5.41, 5.74) is 3.89. The highest BCUT2D eigenvalue weighted by Gasteiger charge is 2.48. The maximum absolute atomic E-state index is 13.1. The van der Waals surface area contributed by atoms with E-state index >= 15 is 0 Å². The summed E-state index contributed by atoms with van der Waals surface area (Å²) < 4.78 is 21.8. The van der Waals surface area contributed by atoms with Crippen LogP contribution in [0.3, 0.4) is 0 Å². The Morgan fingerprint density at radius 1 is 1.00 bits per heavy atom. The molecule has 0 amide bonds. The van der Waals surface area contributed by atoms with Crippen molar-refractivity contribution in [2.75, 3.05) is 13.9 Å². The van der Waals surface area contributed by atoms with Gasteiger partial charge in [0.05, 0.1) is 12.7 Å². The number of benzene rings is 3. The largest absolute Gasteiger partial charge is 0.497 e. The Morgan fingerprint density at radius 3 is 2.53 bits per heavy atom. The van der Waals surface area contributed by atoms with E-state index in [0.29, 0.717) is 45.9 Å². The third-order valence-corrected chi connectivity index (χ3v) is 5.76. The van der Waals surface area contributed by atoms with Crippen LogP contribution in [0.4, 0.5) is 0 Å². The molecule has 0 radical (unpaired) electrons. The summed E-state index contributed by atoms with van der Waals surface area (Å²) in [6.07, 6.45) is 0.333. The van der Waals surface area contributed by atoms with Gasteiger partial charge < -0.3 is 24.1 Å². The van der Waals surface area contributed by atoms with E-state index in [-0.39, 0.29) is 6.79 Å². The fraction of sp³-hybridized carbons (Fsp3) is 0.192. The molecule has 0 aromatic heterocycles. The Morgan fingerprint density at radius 2 is 1.78 bits per heavy atom. The van der Waals surface area contributed by atoms with Gasteiger partial charge in [0.1, 0.15) is 5.75 Å². The molecular weight excluding hydrogens is 408 g/mol. The lowest BCUT2D eigenvalue weighted by Crippen LogP contribution is -2.29. The molecule has 1 atom stereocenters. The first-order valence-corrected chi connectivity index (χ1v) is 10.3. The summed E-state index contributed by atoms with van der Waals surface area (Å²) in [7, 11) is 1.57. The number of ether oxygens (including phenoxy) is 4. The number of fused-ring (bicyclic) bond motifs is 1. The maximum Gasteiger partial charge on any atom is 0.342 e. The first-order chi connectivity index (χ1) is 15.5. The van der Waals surface area contributed by atoms with E-state index < -0.39 is 11.8 Å². The van der Waals surface area contributed by atoms with Crippen molar-refractivity contribution in [3.63, 3.8) is 0 Å². The number of carbonyl (C=O) groups is 1. The van der Waals surface area contributed by atoms with Gasteiger partial charge in [-0.05, 0) is 54.4 Å². The third kappa shape index (κ3) is 3.39. The monoisotopic (exact) mass is 430 g/mol. The Kier molecular flexibility index (Phi) is 4.87. The van der Waals surface area contributed by atoms with E-state index in [1.54, 1.807) is 49.6 Å². The van der Waals surface area contributed by atoms with E-state index in [1.807, 2.05) is 31.2 Å². The standard InChI is InChI=1S/C26H22O6/c1-16-4-3-5-17(12-16)13-21-24(18-6-11-22-23(14-18)31-15-30-22)25(27)32-26(21,28)19-7-9-20(29-2)10-8-19/h3-12,14,28H,13,15H2,1-2H3. The van der Waals surface area contributed by atoms with E-state index in [4.69, 9.17) is 18.9 Å². The minimum Gasteiger partial charge on any atom is -0.497 e. The second-order valence-corrected chi connectivity index (χ2v) is 7.85. The molecule has 0 saturated heterocycles. The van der Waals surface area contributed by atoms with Crippen LogP contribution in [0.1, 0.15) is 22.3 Å². The summed E-state index contributed by atoms with van der Waals surface area (Å²) in [6, 6.07) is 20.1. The van der Waals surface area contributed by atoms with Crippen molar-refractivity contribution in [1.29, 1.82) is 0 Å². The topological polar surface area (TPSA) is 74.2 Å². The van der Waals surface area contributed by atoms with Crippen molar-refractivity contribution >= 4 is 11.5 Å². The predicted octanol–water partition coefficient (Wildman–Crippen LogP) is 4.13. The van der Waals surface area contributed by atoms with E-state index in [9.17, 15) is 9.90 Å². The molecule has 0 bridgehead atoms. The van der Waals surface area contributed by atoms with Gasteiger partial charge in [-0.2, -0.15) is 0 Å². The summed E-state index contributed by atoms with van der Waals surface area (Å²) >= 11 is 0.